The molecular formula is C20H19N3O3. The number of ether oxygens (including phenoxy) is 1. The van der Waals surface area contributed by atoms with Gasteiger partial charge >= 0.3 is 0 Å². The minimum Gasteiger partial charge on any atom is -0.490 e. The lowest BCUT2D eigenvalue weighted by Gasteiger charge is -2.29. The van der Waals surface area contributed by atoms with E-state index in [0.29, 0.717) is 44.2 Å². The van der Waals surface area contributed by atoms with Gasteiger partial charge in [-0.05, 0) is 30.7 Å². The highest BCUT2D eigenvalue weighted by molar-refractivity contribution is 5.95. The normalized spacial score (nSPS) is 13.2. The number of benzene rings is 2. The monoisotopic (exact) mass is 349 g/mol. The van der Waals surface area contributed by atoms with E-state index < -0.39 is 0 Å². The van der Waals surface area contributed by atoms with Gasteiger partial charge in [-0.25, -0.2) is 0 Å². The number of amides is 1. The Bertz CT molecular complexity index is 892. The minimum atomic E-state index is 0.0866. The van der Waals surface area contributed by atoms with Crippen LogP contribution >= 0.6 is 0 Å². The highest BCUT2D eigenvalue weighted by Gasteiger charge is 2.22. The quantitative estimate of drug-likeness (QED) is 0.705. The summed E-state index contributed by atoms with van der Waals surface area (Å²) in [5, 5.41) is 8.15. The van der Waals surface area contributed by atoms with Crippen molar-refractivity contribution in [3.8, 4) is 17.2 Å². The van der Waals surface area contributed by atoms with Crippen molar-refractivity contribution in [3.05, 3.63) is 60.5 Å². The van der Waals surface area contributed by atoms with E-state index in [9.17, 15) is 4.79 Å². The van der Waals surface area contributed by atoms with Crippen LogP contribution in [0.2, 0.25) is 0 Å². The van der Waals surface area contributed by atoms with E-state index in [2.05, 4.69) is 10.2 Å². The van der Waals surface area contributed by atoms with Gasteiger partial charge in [0.05, 0.1) is 12.2 Å². The molecule has 2 aromatic carbocycles. The summed E-state index contributed by atoms with van der Waals surface area (Å²) >= 11 is 0. The molecule has 1 aromatic heterocycles. The lowest BCUT2D eigenvalue weighted by atomic mass is 10.2. The Morgan fingerprint density at radius 3 is 2.73 bits per heavy atom. The summed E-state index contributed by atoms with van der Waals surface area (Å²) in [4.78, 5) is 14.4. The third-order valence-electron chi connectivity index (χ3n) is 4.30. The fraction of sp³-hybridized carbons (Fsp3) is 0.250. The topological polar surface area (TPSA) is 68.5 Å². The van der Waals surface area contributed by atoms with Gasteiger partial charge in [0.15, 0.2) is 0 Å². The van der Waals surface area contributed by atoms with Gasteiger partial charge in [-0.1, -0.05) is 30.3 Å². The molecule has 0 saturated carbocycles. The van der Waals surface area contributed by atoms with E-state index in [1.54, 1.807) is 4.90 Å². The molecule has 1 amide bonds. The number of carbonyl (C=O) groups is 1. The highest BCUT2D eigenvalue weighted by atomic mass is 16.5. The van der Waals surface area contributed by atoms with Crippen LogP contribution in [0.3, 0.4) is 0 Å². The molecule has 0 N–H and O–H groups in total. The molecule has 2 heterocycles. The molecule has 0 radical (unpaired) electrons. The Morgan fingerprint density at radius 2 is 1.85 bits per heavy atom. The Morgan fingerprint density at radius 1 is 1.04 bits per heavy atom. The van der Waals surface area contributed by atoms with Crippen molar-refractivity contribution in [2.75, 3.05) is 18.1 Å². The summed E-state index contributed by atoms with van der Waals surface area (Å²) in [6.07, 6.45) is 1.67. The van der Waals surface area contributed by atoms with E-state index >= 15 is 0 Å². The average molecular weight is 349 g/mol. The predicted octanol–water partition coefficient (Wildman–Crippen LogP) is 3.48. The molecule has 0 spiro atoms. The molecule has 1 aliphatic heterocycles. The van der Waals surface area contributed by atoms with Gasteiger partial charge in [0.2, 0.25) is 17.7 Å². The van der Waals surface area contributed by atoms with E-state index in [1.165, 1.54) is 0 Å². The van der Waals surface area contributed by atoms with Crippen LogP contribution < -0.4 is 9.64 Å². The SMILES string of the molecule is O=C(CCCc1nnc(-c2ccccc2)o1)N1CCOc2ccccc21. The summed E-state index contributed by atoms with van der Waals surface area (Å²) < 4.78 is 11.3. The average Bonchev–Trinajstić information content (AvgIpc) is 3.17. The second-order valence-electron chi connectivity index (χ2n) is 6.08. The molecule has 6 heteroatoms. The molecule has 6 nitrogen and oxygen atoms in total. The van der Waals surface area contributed by atoms with Crippen LogP contribution in [0.25, 0.3) is 11.5 Å². The lowest BCUT2D eigenvalue weighted by Crippen LogP contribution is -2.37. The first-order valence-electron chi connectivity index (χ1n) is 8.71. The van der Waals surface area contributed by atoms with Crippen molar-refractivity contribution < 1.29 is 13.9 Å². The molecule has 3 aromatic rings. The van der Waals surface area contributed by atoms with Gasteiger partial charge in [-0.3, -0.25) is 4.79 Å². The zero-order chi connectivity index (χ0) is 17.8. The maximum absolute atomic E-state index is 12.6. The van der Waals surface area contributed by atoms with Crippen molar-refractivity contribution >= 4 is 11.6 Å². The second-order valence-corrected chi connectivity index (χ2v) is 6.08. The number of nitrogens with zero attached hydrogens (tertiary/aromatic N) is 3. The Labute approximate surface area is 151 Å². The van der Waals surface area contributed by atoms with E-state index in [-0.39, 0.29) is 5.91 Å². The summed E-state index contributed by atoms with van der Waals surface area (Å²) in [7, 11) is 0. The molecule has 0 atom stereocenters. The number of aromatic nitrogens is 2. The number of hydrogen-bond acceptors (Lipinski definition) is 5. The Balaban J connectivity index is 1.34. The largest absolute Gasteiger partial charge is 0.490 e. The number of anilines is 1. The van der Waals surface area contributed by atoms with Crippen molar-refractivity contribution in [1.82, 2.24) is 10.2 Å². The number of fused-ring (bicyclic) bond motifs is 1. The lowest BCUT2D eigenvalue weighted by molar-refractivity contribution is -0.119. The molecule has 26 heavy (non-hydrogen) atoms. The first-order chi connectivity index (χ1) is 12.8. The summed E-state index contributed by atoms with van der Waals surface area (Å²) in [6, 6.07) is 17.3. The summed E-state index contributed by atoms with van der Waals surface area (Å²) in [6.45, 7) is 1.10. The number of para-hydroxylation sites is 2. The number of hydrogen-bond donors (Lipinski definition) is 0. The molecule has 4 rings (SSSR count). The molecule has 132 valence electrons. The Kier molecular flexibility index (Phi) is 4.64. The molecule has 0 aliphatic carbocycles. The molecule has 0 unspecified atom stereocenters. The maximum Gasteiger partial charge on any atom is 0.247 e. The van der Waals surface area contributed by atoms with Gasteiger partial charge in [-0.2, -0.15) is 0 Å². The van der Waals surface area contributed by atoms with Crippen LogP contribution in [-0.4, -0.2) is 29.3 Å². The van der Waals surface area contributed by atoms with Crippen LogP contribution in [0.4, 0.5) is 5.69 Å². The predicted molar refractivity (Wildman–Crippen MR) is 97.0 cm³/mol. The van der Waals surface area contributed by atoms with Gasteiger partial charge < -0.3 is 14.1 Å². The van der Waals surface area contributed by atoms with E-state index in [0.717, 1.165) is 17.0 Å². The van der Waals surface area contributed by atoms with Crippen molar-refractivity contribution in [2.24, 2.45) is 0 Å². The molecule has 0 bridgehead atoms. The molecular weight excluding hydrogens is 330 g/mol. The van der Waals surface area contributed by atoms with Crippen LogP contribution in [0.5, 0.6) is 5.75 Å². The summed E-state index contributed by atoms with van der Waals surface area (Å²) in [5.74, 6) is 1.91. The van der Waals surface area contributed by atoms with Crippen LogP contribution in [0.15, 0.2) is 59.0 Å². The maximum atomic E-state index is 12.6. The fourth-order valence-electron chi connectivity index (χ4n) is 3.01. The second kappa shape index (κ2) is 7.39. The third-order valence-corrected chi connectivity index (χ3v) is 4.30. The first kappa shape index (κ1) is 16.3. The zero-order valence-electron chi connectivity index (χ0n) is 14.3. The molecule has 1 aliphatic rings. The van der Waals surface area contributed by atoms with Gasteiger partial charge in [0.25, 0.3) is 0 Å². The van der Waals surface area contributed by atoms with Gasteiger partial charge in [-0.15, -0.1) is 10.2 Å². The third kappa shape index (κ3) is 3.44. The molecule has 0 saturated heterocycles. The Hall–Kier alpha value is -3.15. The fourth-order valence-corrected chi connectivity index (χ4v) is 3.01. The van der Waals surface area contributed by atoms with Crippen LogP contribution in [0.1, 0.15) is 18.7 Å². The van der Waals surface area contributed by atoms with Crippen molar-refractivity contribution in [3.63, 3.8) is 0 Å². The van der Waals surface area contributed by atoms with E-state index in [1.807, 2.05) is 54.6 Å². The van der Waals surface area contributed by atoms with E-state index in [4.69, 9.17) is 9.15 Å². The first-order valence-corrected chi connectivity index (χ1v) is 8.71. The van der Waals surface area contributed by atoms with Crippen molar-refractivity contribution in [1.29, 1.82) is 0 Å². The highest BCUT2D eigenvalue weighted by Crippen LogP contribution is 2.31. The standard InChI is InChI=1S/C20H19N3O3/c24-19(23-13-14-25-17-10-5-4-9-16(17)23)12-6-11-18-21-22-20(26-18)15-7-2-1-3-8-15/h1-5,7-10H,6,11-14H2. The number of aryl methyl sites for hydroxylation is 1. The number of rotatable bonds is 5. The minimum absolute atomic E-state index is 0.0866. The van der Waals surface area contributed by atoms with Gasteiger partial charge in [0.1, 0.15) is 12.4 Å². The summed E-state index contributed by atoms with van der Waals surface area (Å²) in [5.41, 5.74) is 1.74. The van der Waals surface area contributed by atoms with Crippen LogP contribution in [0, 0.1) is 0 Å². The smallest absolute Gasteiger partial charge is 0.247 e. The van der Waals surface area contributed by atoms with Crippen molar-refractivity contribution in [2.45, 2.75) is 19.3 Å². The molecule has 0 fully saturated rings. The van der Waals surface area contributed by atoms with Crippen LogP contribution in [-0.2, 0) is 11.2 Å². The zero-order valence-corrected chi connectivity index (χ0v) is 14.3. The van der Waals surface area contributed by atoms with Gasteiger partial charge in [0, 0.05) is 18.4 Å². The number of carbonyl (C=O) groups excluding carboxylic acids is 1.